The Morgan fingerprint density at radius 3 is 2.79 bits per heavy atom. The molecule has 1 N–H and O–H groups in total. The molecule has 0 unspecified atom stereocenters. The zero-order chi connectivity index (χ0) is 19.9. The molecule has 156 valence electrons. The van der Waals surface area contributed by atoms with Crippen LogP contribution in [0.4, 0.5) is 10.8 Å². The van der Waals surface area contributed by atoms with Gasteiger partial charge in [-0.3, -0.25) is 14.6 Å². The molecule has 0 saturated carbocycles. The lowest BCUT2D eigenvalue weighted by molar-refractivity contribution is -0.117. The third kappa shape index (κ3) is 6.18. The number of thiazole rings is 1. The Labute approximate surface area is 181 Å². The van der Waals surface area contributed by atoms with Gasteiger partial charge in [-0.05, 0) is 24.1 Å². The van der Waals surface area contributed by atoms with Crippen molar-refractivity contribution in [3.63, 3.8) is 0 Å². The molecule has 1 amide bonds. The Morgan fingerprint density at radius 1 is 1.07 bits per heavy atom. The Kier molecular flexibility index (Phi) is 7.43. The minimum absolute atomic E-state index is 0.0687. The molecule has 4 rings (SSSR count). The van der Waals surface area contributed by atoms with Crippen LogP contribution in [0.5, 0.6) is 0 Å². The molecule has 0 radical (unpaired) electrons. The van der Waals surface area contributed by atoms with Gasteiger partial charge in [0.05, 0.1) is 6.54 Å². The van der Waals surface area contributed by atoms with Crippen molar-refractivity contribution in [2.24, 2.45) is 0 Å². The van der Waals surface area contributed by atoms with Gasteiger partial charge in [-0.15, -0.1) is 11.3 Å². The predicted octanol–water partition coefficient (Wildman–Crippen LogP) is 2.84. The third-order valence-electron chi connectivity index (χ3n) is 5.37. The van der Waals surface area contributed by atoms with Gasteiger partial charge in [0, 0.05) is 74.6 Å². The molecule has 2 aromatic rings. The summed E-state index contributed by atoms with van der Waals surface area (Å²) in [5, 5.41) is 6.20. The van der Waals surface area contributed by atoms with Crippen molar-refractivity contribution < 1.29 is 4.79 Å². The van der Waals surface area contributed by atoms with Crippen LogP contribution in [0.15, 0.2) is 35.8 Å². The molecule has 3 heterocycles. The SMILES string of the molecule is O=C(CN1CCCN(c2nccs2)CC1)Nc1cccc(CN2CCSCC2)c1. The second kappa shape index (κ2) is 10.4. The minimum Gasteiger partial charge on any atom is -0.347 e. The first-order valence-electron chi connectivity index (χ1n) is 10.3. The van der Waals surface area contributed by atoms with Gasteiger partial charge in [0.1, 0.15) is 0 Å². The zero-order valence-corrected chi connectivity index (χ0v) is 18.4. The molecular weight excluding hydrogens is 402 g/mol. The molecule has 2 fully saturated rings. The molecule has 6 nitrogen and oxygen atoms in total. The number of aromatic nitrogens is 1. The monoisotopic (exact) mass is 431 g/mol. The molecular formula is C21H29N5OS2. The highest BCUT2D eigenvalue weighted by atomic mass is 32.2. The number of anilines is 2. The average Bonchev–Trinajstić information content (AvgIpc) is 3.16. The summed E-state index contributed by atoms with van der Waals surface area (Å²) in [6, 6.07) is 8.30. The number of rotatable bonds is 6. The van der Waals surface area contributed by atoms with E-state index >= 15 is 0 Å². The second-order valence-corrected chi connectivity index (χ2v) is 9.67. The van der Waals surface area contributed by atoms with E-state index in [0.717, 1.165) is 63.1 Å². The van der Waals surface area contributed by atoms with Gasteiger partial charge in [-0.1, -0.05) is 12.1 Å². The van der Waals surface area contributed by atoms with Gasteiger partial charge < -0.3 is 10.2 Å². The molecule has 0 atom stereocenters. The zero-order valence-electron chi connectivity index (χ0n) is 16.8. The maximum atomic E-state index is 12.6. The van der Waals surface area contributed by atoms with Gasteiger partial charge in [0.15, 0.2) is 5.13 Å². The highest BCUT2D eigenvalue weighted by Gasteiger charge is 2.18. The number of hydrogen-bond acceptors (Lipinski definition) is 7. The smallest absolute Gasteiger partial charge is 0.238 e. The molecule has 0 bridgehead atoms. The number of carbonyl (C=O) groups excluding carboxylic acids is 1. The van der Waals surface area contributed by atoms with Crippen LogP contribution in [0.3, 0.4) is 0 Å². The van der Waals surface area contributed by atoms with Crippen LogP contribution < -0.4 is 10.2 Å². The van der Waals surface area contributed by atoms with Gasteiger partial charge in [-0.25, -0.2) is 4.98 Å². The lowest BCUT2D eigenvalue weighted by Crippen LogP contribution is -2.36. The third-order valence-corrected chi connectivity index (χ3v) is 7.14. The van der Waals surface area contributed by atoms with E-state index in [0.29, 0.717) is 6.54 Å². The van der Waals surface area contributed by atoms with Crippen molar-refractivity contribution in [2.45, 2.75) is 13.0 Å². The first-order valence-corrected chi connectivity index (χ1v) is 12.4. The second-order valence-electron chi connectivity index (χ2n) is 7.57. The van der Waals surface area contributed by atoms with Gasteiger partial charge >= 0.3 is 0 Å². The summed E-state index contributed by atoms with van der Waals surface area (Å²) in [4.78, 5) is 24.1. The van der Waals surface area contributed by atoms with Crippen molar-refractivity contribution in [2.75, 3.05) is 67.5 Å². The van der Waals surface area contributed by atoms with Crippen LogP contribution in [0.2, 0.25) is 0 Å². The largest absolute Gasteiger partial charge is 0.347 e. The maximum Gasteiger partial charge on any atom is 0.238 e. The van der Waals surface area contributed by atoms with E-state index in [9.17, 15) is 4.79 Å². The summed E-state index contributed by atoms with van der Waals surface area (Å²) in [6.45, 7) is 7.46. The molecule has 0 spiro atoms. The predicted molar refractivity (Wildman–Crippen MR) is 123 cm³/mol. The van der Waals surface area contributed by atoms with Gasteiger partial charge in [-0.2, -0.15) is 11.8 Å². The highest BCUT2D eigenvalue weighted by Crippen LogP contribution is 2.19. The molecule has 2 saturated heterocycles. The molecule has 2 aliphatic rings. The van der Waals surface area contributed by atoms with Gasteiger partial charge in [0.25, 0.3) is 0 Å². The fraction of sp³-hybridized carbons (Fsp3) is 0.524. The van der Waals surface area contributed by atoms with Crippen molar-refractivity contribution in [3.05, 3.63) is 41.4 Å². The van der Waals surface area contributed by atoms with Crippen molar-refractivity contribution in [1.82, 2.24) is 14.8 Å². The number of thioether (sulfide) groups is 1. The maximum absolute atomic E-state index is 12.6. The van der Waals surface area contributed by atoms with Crippen LogP contribution >= 0.6 is 23.1 Å². The lowest BCUT2D eigenvalue weighted by atomic mass is 10.2. The van der Waals surface area contributed by atoms with Crippen LogP contribution in [-0.2, 0) is 11.3 Å². The first kappa shape index (κ1) is 20.7. The lowest BCUT2D eigenvalue weighted by Gasteiger charge is -2.26. The molecule has 8 heteroatoms. The van der Waals surface area contributed by atoms with E-state index in [2.05, 4.69) is 37.1 Å². The molecule has 29 heavy (non-hydrogen) atoms. The number of hydrogen-bond donors (Lipinski definition) is 1. The Bertz CT molecular complexity index is 779. The van der Waals surface area contributed by atoms with E-state index in [1.54, 1.807) is 11.3 Å². The standard InChI is InChI=1S/C21H29N5OS2/c27-20(17-24-6-2-7-26(9-8-24)21-22-5-12-29-21)23-19-4-1-3-18(15-19)16-25-10-13-28-14-11-25/h1,3-5,12,15H,2,6-11,13-14,16-17H2,(H,23,27). The van der Waals surface area contributed by atoms with E-state index in [1.807, 2.05) is 35.5 Å². The summed E-state index contributed by atoms with van der Waals surface area (Å²) in [7, 11) is 0. The van der Waals surface area contributed by atoms with Crippen LogP contribution in [0.25, 0.3) is 0 Å². The summed E-state index contributed by atoms with van der Waals surface area (Å²) in [6.07, 6.45) is 2.91. The summed E-state index contributed by atoms with van der Waals surface area (Å²) in [5.41, 5.74) is 2.17. The topological polar surface area (TPSA) is 51.7 Å². The quantitative estimate of drug-likeness (QED) is 0.759. The van der Waals surface area contributed by atoms with E-state index in [-0.39, 0.29) is 5.91 Å². The van der Waals surface area contributed by atoms with E-state index in [1.165, 1.54) is 17.1 Å². The van der Waals surface area contributed by atoms with Gasteiger partial charge in [0.2, 0.25) is 5.91 Å². The Morgan fingerprint density at radius 2 is 1.97 bits per heavy atom. The average molecular weight is 432 g/mol. The summed E-state index contributed by atoms with van der Waals surface area (Å²) in [5.74, 6) is 2.50. The Balaban J connectivity index is 1.26. The van der Waals surface area contributed by atoms with Crippen molar-refractivity contribution >= 4 is 39.8 Å². The van der Waals surface area contributed by atoms with Crippen molar-refractivity contribution in [3.8, 4) is 0 Å². The van der Waals surface area contributed by atoms with E-state index in [4.69, 9.17) is 0 Å². The van der Waals surface area contributed by atoms with Crippen LogP contribution in [0.1, 0.15) is 12.0 Å². The number of amides is 1. The highest BCUT2D eigenvalue weighted by molar-refractivity contribution is 7.99. The number of benzene rings is 1. The fourth-order valence-corrected chi connectivity index (χ4v) is 5.54. The number of carbonyl (C=O) groups is 1. The summed E-state index contributed by atoms with van der Waals surface area (Å²) < 4.78 is 0. The van der Waals surface area contributed by atoms with Crippen LogP contribution in [-0.4, -0.2) is 78.0 Å². The number of nitrogens with one attached hydrogen (secondary N) is 1. The van der Waals surface area contributed by atoms with Crippen molar-refractivity contribution in [1.29, 1.82) is 0 Å². The Hall–Kier alpha value is -1.61. The molecule has 2 aliphatic heterocycles. The molecule has 0 aliphatic carbocycles. The van der Waals surface area contributed by atoms with E-state index < -0.39 is 0 Å². The summed E-state index contributed by atoms with van der Waals surface area (Å²) >= 11 is 3.71. The van der Waals surface area contributed by atoms with Crippen LogP contribution in [0, 0.1) is 0 Å². The minimum atomic E-state index is 0.0687. The first-order chi connectivity index (χ1) is 14.3. The fourth-order valence-electron chi connectivity index (χ4n) is 3.86. The number of nitrogens with zero attached hydrogens (tertiary/aromatic N) is 4. The molecule has 1 aromatic carbocycles. The normalized spacial score (nSPS) is 19.1. The molecule has 1 aromatic heterocycles.